The number of halogens is 2. The SMILES string of the molecule is CCNC(CCOCC(F)F)c1cccc(OC(C)C)c1. The average molecular weight is 301 g/mol. The van der Waals surface area contributed by atoms with E-state index >= 15 is 0 Å². The third-order valence-electron chi connectivity index (χ3n) is 2.88. The van der Waals surface area contributed by atoms with Crippen molar-refractivity contribution in [3.05, 3.63) is 29.8 Å². The van der Waals surface area contributed by atoms with Gasteiger partial charge in [-0.1, -0.05) is 19.1 Å². The minimum Gasteiger partial charge on any atom is -0.491 e. The van der Waals surface area contributed by atoms with E-state index in [0.29, 0.717) is 13.0 Å². The Morgan fingerprint density at radius 2 is 2.00 bits per heavy atom. The summed E-state index contributed by atoms with van der Waals surface area (Å²) >= 11 is 0. The van der Waals surface area contributed by atoms with Crippen molar-refractivity contribution in [3.63, 3.8) is 0 Å². The first kappa shape index (κ1) is 17.9. The van der Waals surface area contributed by atoms with E-state index in [9.17, 15) is 8.78 Å². The lowest BCUT2D eigenvalue weighted by Gasteiger charge is -2.20. The van der Waals surface area contributed by atoms with Crippen molar-refractivity contribution in [2.75, 3.05) is 19.8 Å². The molecule has 3 nitrogen and oxygen atoms in total. The van der Waals surface area contributed by atoms with E-state index < -0.39 is 13.0 Å². The van der Waals surface area contributed by atoms with Crippen LogP contribution < -0.4 is 10.1 Å². The molecular weight excluding hydrogens is 276 g/mol. The van der Waals surface area contributed by atoms with Gasteiger partial charge >= 0.3 is 0 Å². The first-order valence-corrected chi connectivity index (χ1v) is 7.38. The van der Waals surface area contributed by atoms with Crippen molar-refractivity contribution >= 4 is 0 Å². The number of hydrogen-bond donors (Lipinski definition) is 1. The second-order valence-electron chi connectivity index (χ2n) is 5.10. The van der Waals surface area contributed by atoms with Gasteiger partial charge in [0.25, 0.3) is 6.43 Å². The molecule has 5 heteroatoms. The summed E-state index contributed by atoms with van der Waals surface area (Å²) in [6.45, 7) is 6.57. The van der Waals surface area contributed by atoms with E-state index in [1.54, 1.807) is 0 Å². The van der Waals surface area contributed by atoms with E-state index in [0.717, 1.165) is 17.9 Å². The lowest BCUT2D eigenvalue weighted by atomic mass is 10.0. The third-order valence-corrected chi connectivity index (χ3v) is 2.88. The van der Waals surface area contributed by atoms with Crippen molar-refractivity contribution in [3.8, 4) is 5.75 Å². The van der Waals surface area contributed by atoms with Crippen molar-refractivity contribution in [1.29, 1.82) is 0 Å². The summed E-state index contributed by atoms with van der Waals surface area (Å²) in [5, 5.41) is 3.34. The molecule has 0 radical (unpaired) electrons. The molecule has 0 aliphatic heterocycles. The van der Waals surface area contributed by atoms with Gasteiger partial charge in [0.2, 0.25) is 0 Å². The summed E-state index contributed by atoms with van der Waals surface area (Å²) in [6, 6.07) is 7.93. The van der Waals surface area contributed by atoms with E-state index in [1.807, 2.05) is 45.0 Å². The number of ether oxygens (including phenoxy) is 2. The Kier molecular flexibility index (Phi) is 8.23. The zero-order valence-corrected chi connectivity index (χ0v) is 12.9. The fraction of sp³-hybridized carbons (Fsp3) is 0.625. The van der Waals surface area contributed by atoms with Gasteiger partial charge in [0.1, 0.15) is 12.4 Å². The predicted octanol–water partition coefficient (Wildman–Crippen LogP) is 3.80. The predicted molar refractivity (Wildman–Crippen MR) is 80.1 cm³/mol. The zero-order chi connectivity index (χ0) is 15.7. The van der Waals surface area contributed by atoms with Crippen LogP contribution in [0.4, 0.5) is 8.78 Å². The van der Waals surface area contributed by atoms with Gasteiger partial charge in [0, 0.05) is 12.6 Å². The smallest absolute Gasteiger partial charge is 0.261 e. The van der Waals surface area contributed by atoms with Gasteiger partial charge in [-0.3, -0.25) is 0 Å². The normalized spacial score (nSPS) is 12.9. The molecule has 0 aromatic heterocycles. The highest BCUT2D eigenvalue weighted by Crippen LogP contribution is 2.22. The Bertz CT molecular complexity index is 400. The molecule has 1 aromatic rings. The highest BCUT2D eigenvalue weighted by Gasteiger charge is 2.12. The third kappa shape index (κ3) is 7.39. The summed E-state index contributed by atoms with van der Waals surface area (Å²) in [7, 11) is 0. The number of hydrogen-bond acceptors (Lipinski definition) is 3. The molecule has 0 spiro atoms. The number of alkyl halides is 2. The lowest BCUT2D eigenvalue weighted by Crippen LogP contribution is -2.23. The second kappa shape index (κ2) is 9.68. The summed E-state index contributed by atoms with van der Waals surface area (Å²) < 4.78 is 34.7. The van der Waals surface area contributed by atoms with Gasteiger partial charge in [-0.05, 0) is 44.5 Å². The molecule has 1 unspecified atom stereocenters. The summed E-state index contributed by atoms with van der Waals surface area (Å²) in [5.74, 6) is 0.818. The summed E-state index contributed by atoms with van der Waals surface area (Å²) in [4.78, 5) is 0. The number of nitrogens with one attached hydrogen (secondary N) is 1. The Labute approximate surface area is 125 Å². The largest absolute Gasteiger partial charge is 0.491 e. The standard InChI is InChI=1S/C16H25F2NO2/c1-4-19-15(8-9-20-11-16(17)18)13-6-5-7-14(10-13)21-12(2)3/h5-7,10,12,15-16,19H,4,8-9,11H2,1-3H3. The molecule has 1 N–H and O–H groups in total. The summed E-state index contributed by atoms with van der Waals surface area (Å²) in [6.07, 6.45) is -1.65. The Hall–Kier alpha value is -1.20. The van der Waals surface area contributed by atoms with Gasteiger partial charge in [0.05, 0.1) is 6.10 Å². The van der Waals surface area contributed by atoms with Crippen LogP contribution in [-0.4, -0.2) is 32.3 Å². The van der Waals surface area contributed by atoms with Crippen LogP contribution in [0.15, 0.2) is 24.3 Å². The topological polar surface area (TPSA) is 30.5 Å². The minimum absolute atomic E-state index is 0.0726. The molecule has 0 amide bonds. The molecule has 1 aromatic carbocycles. The van der Waals surface area contributed by atoms with Crippen LogP contribution in [0.5, 0.6) is 5.75 Å². The Balaban J connectivity index is 2.62. The van der Waals surface area contributed by atoms with E-state index in [4.69, 9.17) is 9.47 Å². The van der Waals surface area contributed by atoms with Gasteiger partial charge < -0.3 is 14.8 Å². The molecule has 1 rings (SSSR count). The van der Waals surface area contributed by atoms with Gasteiger partial charge in [-0.15, -0.1) is 0 Å². The maximum atomic E-state index is 12.0. The molecule has 0 saturated carbocycles. The monoisotopic (exact) mass is 301 g/mol. The van der Waals surface area contributed by atoms with Crippen LogP contribution in [0, 0.1) is 0 Å². The molecule has 120 valence electrons. The quantitative estimate of drug-likeness (QED) is 0.667. The summed E-state index contributed by atoms with van der Waals surface area (Å²) in [5.41, 5.74) is 1.08. The van der Waals surface area contributed by atoms with Crippen LogP contribution in [0.3, 0.4) is 0 Å². The van der Waals surface area contributed by atoms with Crippen molar-refractivity contribution in [2.45, 2.75) is 45.8 Å². The van der Waals surface area contributed by atoms with E-state index in [1.165, 1.54) is 0 Å². The van der Waals surface area contributed by atoms with Crippen molar-refractivity contribution in [1.82, 2.24) is 5.32 Å². The van der Waals surface area contributed by atoms with Crippen LogP contribution in [0.2, 0.25) is 0 Å². The Morgan fingerprint density at radius 1 is 1.24 bits per heavy atom. The highest BCUT2D eigenvalue weighted by atomic mass is 19.3. The lowest BCUT2D eigenvalue weighted by molar-refractivity contribution is 0.0144. The maximum absolute atomic E-state index is 12.0. The first-order chi connectivity index (χ1) is 10.0. The van der Waals surface area contributed by atoms with Gasteiger partial charge in [0.15, 0.2) is 0 Å². The molecule has 0 saturated heterocycles. The fourth-order valence-corrected chi connectivity index (χ4v) is 2.08. The van der Waals surface area contributed by atoms with Crippen molar-refractivity contribution in [2.24, 2.45) is 0 Å². The van der Waals surface area contributed by atoms with Crippen LogP contribution in [0.1, 0.15) is 38.8 Å². The molecule has 0 aliphatic rings. The highest BCUT2D eigenvalue weighted by molar-refractivity contribution is 5.30. The Morgan fingerprint density at radius 3 is 2.62 bits per heavy atom. The molecule has 0 bridgehead atoms. The molecule has 0 heterocycles. The molecule has 1 atom stereocenters. The first-order valence-electron chi connectivity index (χ1n) is 7.38. The number of benzene rings is 1. The van der Waals surface area contributed by atoms with E-state index in [-0.39, 0.29) is 12.1 Å². The van der Waals surface area contributed by atoms with E-state index in [2.05, 4.69) is 5.32 Å². The molecule has 21 heavy (non-hydrogen) atoms. The molecule has 0 aliphatic carbocycles. The van der Waals surface area contributed by atoms with Crippen LogP contribution >= 0.6 is 0 Å². The minimum atomic E-state index is -2.41. The van der Waals surface area contributed by atoms with Gasteiger partial charge in [-0.2, -0.15) is 0 Å². The average Bonchev–Trinajstić information content (AvgIpc) is 2.41. The second-order valence-corrected chi connectivity index (χ2v) is 5.10. The zero-order valence-electron chi connectivity index (χ0n) is 12.9. The van der Waals surface area contributed by atoms with Gasteiger partial charge in [-0.25, -0.2) is 8.78 Å². The molecule has 0 fully saturated rings. The number of rotatable bonds is 10. The molecular formula is C16H25F2NO2. The fourth-order valence-electron chi connectivity index (χ4n) is 2.08. The van der Waals surface area contributed by atoms with Crippen LogP contribution in [0.25, 0.3) is 0 Å². The maximum Gasteiger partial charge on any atom is 0.261 e. The van der Waals surface area contributed by atoms with Crippen LogP contribution in [-0.2, 0) is 4.74 Å². The van der Waals surface area contributed by atoms with Crippen molar-refractivity contribution < 1.29 is 18.3 Å².